The third kappa shape index (κ3) is 2.76. The molecule has 1 saturated carbocycles. The van der Waals surface area contributed by atoms with Crippen molar-refractivity contribution in [3.8, 4) is 0 Å². The smallest absolute Gasteiger partial charge is 0.303 e. The zero-order chi connectivity index (χ0) is 12.4. The lowest BCUT2D eigenvalue weighted by molar-refractivity contribution is -0.142. The molecule has 1 rings (SSSR count). The highest BCUT2D eigenvalue weighted by atomic mass is 16.4. The molecule has 1 unspecified atom stereocenters. The van der Waals surface area contributed by atoms with Gasteiger partial charge in [0, 0.05) is 5.54 Å². The van der Waals surface area contributed by atoms with E-state index in [2.05, 4.69) is 6.92 Å². The highest BCUT2D eigenvalue weighted by Gasteiger charge is 2.46. The average Bonchev–Trinajstić information content (AvgIpc) is 2.16. The second-order valence-electron chi connectivity index (χ2n) is 6.04. The Hall–Kier alpha value is -0.570. The first-order valence-corrected chi connectivity index (χ1v) is 6.28. The minimum Gasteiger partial charge on any atom is -0.481 e. The van der Waals surface area contributed by atoms with Crippen LogP contribution in [0.25, 0.3) is 0 Å². The van der Waals surface area contributed by atoms with Crippen molar-refractivity contribution in [2.45, 2.75) is 64.8 Å². The van der Waals surface area contributed by atoms with Crippen molar-refractivity contribution in [2.75, 3.05) is 0 Å². The Bertz CT molecular complexity index is 251. The number of nitrogens with two attached hydrogens (primary N) is 1. The van der Waals surface area contributed by atoms with Gasteiger partial charge in [-0.1, -0.05) is 26.2 Å². The van der Waals surface area contributed by atoms with Gasteiger partial charge in [-0.2, -0.15) is 0 Å². The van der Waals surface area contributed by atoms with E-state index in [0.717, 1.165) is 12.8 Å². The Kier molecular flexibility index (Phi) is 4.00. The first kappa shape index (κ1) is 13.5. The van der Waals surface area contributed by atoms with Crippen molar-refractivity contribution >= 4 is 5.97 Å². The van der Waals surface area contributed by atoms with Crippen molar-refractivity contribution in [1.29, 1.82) is 0 Å². The summed E-state index contributed by atoms with van der Waals surface area (Å²) in [7, 11) is 0. The summed E-state index contributed by atoms with van der Waals surface area (Å²) >= 11 is 0. The zero-order valence-electron chi connectivity index (χ0n) is 10.8. The normalized spacial score (nSPS) is 22.8. The molecule has 0 aromatic rings. The zero-order valence-corrected chi connectivity index (χ0v) is 10.8. The Labute approximate surface area is 98.4 Å². The number of carboxylic acids is 1. The number of hydrogen-bond donors (Lipinski definition) is 2. The van der Waals surface area contributed by atoms with Crippen molar-refractivity contribution in [1.82, 2.24) is 0 Å². The van der Waals surface area contributed by atoms with E-state index in [1.54, 1.807) is 0 Å². The van der Waals surface area contributed by atoms with Crippen molar-refractivity contribution in [2.24, 2.45) is 17.1 Å². The van der Waals surface area contributed by atoms with Gasteiger partial charge in [0.1, 0.15) is 0 Å². The molecule has 16 heavy (non-hydrogen) atoms. The van der Waals surface area contributed by atoms with Gasteiger partial charge in [-0.25, -0.2) is 0 Å². The minimum absolute atomic E-state index is 0.182. The fourth-order valence-electron chi connectivity index (χ4n) is 2.95. The van der Waals surface area contributed by atoms with E-state index in [9.17, 15) is 4.79 Å². The quantitative estimate of drug-likeness (QED) is 0.776. The number of hydrogen-bond acceptors (Lipinski definition) is 2. The van der Waals surface area contributed by atoms with Crippen LogP contribution in [0.4, 0.5) is 0 Å². The first-order chi connectivity index (χ1) is 7.27. The van der Waals surface area contributed by atoms with Crippen LogP contribution in [0.5, 0.6) is 0 Å². The van der Waals surface area contributed by atoms with Gasteiger partial charge in [-0.05, 0) is 38.0 Å². The fraction of sp³-hybridized carbons (Fsp3) is 0.923. The predicted octanol–water partition coefficient (Wildman–Crippen LogP) is 2.79. The fourth-order valence-corrected chi connectivity index (χ4v) is 2.95. The maximum atomic E-state index is 11.0. The molecule has 1 aliphatic carbocycles. The SMILES string of the molecule is CC(C)(N)C(C)(CC(=O)O)C1CCCCC1. The van der Waals surface area contributed by atoms with Gasteiger partial charge in [0.25, 0.3) is 0 Å². The van der Waals surface area contributed by atoms with Crippen LogP contribution in [-0.2, 0) is 4.79 Å². The molecular formula is C13H25NO2. The van der Waals surface area contributed by atoms with Gasteiger partial charge in [0.05, 0.1) is 6.42 Å². The molecule has 0 amide bonds. The van der Waals surface area contributed by atoms with Crippen LogP contribution in [0.1, 0.15) is 59.3 Å². The van der Waals surface area contributed by atoms with Gasteiger partial charge in [0.15, 0.2) is 0 Å². The second kappa shape index (κ2) is 4.74. The lowest BCUT2D eigenvalue weighted by Crippen LogP contribution is -2.54. The maximum Gasteiger partial charge on any atom is 0.303 e. The lowest BCUT2D eigenvalue weighted by atomic mass is 9.59. The van der Waals surface area contributed by atoms with Crippen LogP contribution in [0, 0.1) is 11.3 Å². The Balaban J connectivity index is 2.88. The summed E-state index contributed by atoms with van der Waals surface area (Å²) in [5.41, 5.74) is 5.50. The van der Waals surface area contributed by atoms with E-state index >= 15 is 0 Å². The summed E-state index contributed by atoms with van der Waals surface area (Å²) in [5.74, 6) is -0.274. The summed E-state index contributed by atoms with van der Waals surface area (Å²) in [6, 6.07) is 0. The van der Waals surface area contributed by atoms with E-state index in [4.69, 9.17) is 10.8 Å². The molecule has 1 atom stereocenters. The number of carboxylic acid groups (broad SMARTS) is 1. The van der Waals surface area contributed by atoms with Gasteiger partial charge in [-0.3, -0.25) is 4.79 Å². The monoisotopic (exact) mass is 227 g/mol. The molecule has 0 bridgehead atoms. The third-order valence-corrected chi connectivity index (χ3v) is 4.50. The van der Waals surface area contributed by atoms with Gasteiger partial charge < -0.3 is 10.8 Å². The van der Waals surface area contributed by atoms with Crippen LogP contribution in [0.2, 0.25) is 0 Å². The molecule has 0 aliphatic heterocycles. The largest absolute Gasteiger partial charge is 0.481 e. The summed E-state index contributed by atoms with van der Waals surface area (Å²) in [5, 5.41) is 9.09. The van der Waals surface area contributed by atoms with E-state index in [1.165, 1.54) is 19.3 Å². The summed E-state index contributed by atoms with van der Waals surface area (Å²) in [6.45, 7) is 5.98. The van der Waals surface area contributed by atoms with Gasteiger partial charge in [-0.15, -0.1) is 0 Å². The van der Waals surface area contributed by atoms with Crippen molar-refractivity contribution < 1.29 is 9.90 Å². The molecular weight excluding hydrogens is 202 g/mol. The molecule has 94 valence electrons. The standard InChI is InChI=1S/C13H25NO2/c1-12(2,14)13(3,9-11(15)16)10-7-5-4-6-8-10/h10H,4-9,14H2,1-3H3,(H,15,16). The van der Waals surface area contributed by atoms with Crippen LogP contribution < -0.4 is 5.73 Å². The second-order valence-corrected chi connectivity index (χ2v) is 6.04. The molecule has 3 nitrogen and oxygen atoms in total. The molecule has 1 fully saturated rings. The maximum absolute atomic E-state index is 11.0. The highest BCUT2D eigenvalue weighted by Crippen LogP contribution is 2.46. The lowest BCUT2D eigenvalue weighted by Gasteiger charge is -2.48. The van der Waals surface area contributed by atoms with Crippen molar-refractivity contribution in [3.05, 3.63) is 0 Å². The summed E-state index contributed by atoms with van der Waals surface area (Å²) < 4.78 is 0. The number of rotatable bonds is 4. The molecule has 0 heterocycles. The minimum atomic E-state index is -0.730. The Morgan fingerprint density at radius 1 is 1.25 bits per heavy atom. The van der Waals surface area contributed by atoms with Crippen LogP contribution in [-0.4, -0.2) is 16.6 Å². The molecule has 0 saturated heterocycles. The molecule has 3 heteroatoms. The van der Waals surface area contributed by atoms with Crippen LogP contribution >= 0.6 is 0 Å². The topological polar surface area (TPSA) is 63.3 Å². The number of aliphatic carboxylic acids is 1. The van der Waals surface area contributed by atoms with Gasteiger partial charge >= 0.3 is 5.97 Å². The van der Waals surface area contributed by atoms with Crippen molar-refractivity contribution in [3.63, 3.8) is 0 Å². The van der Waals surface area contributed by atoms with Gasteiger partial charge in [0.2, 0.25) is 0 Å². The Morgan fingerprint density at radius 2 is 1.75 bits per heavy atom. The molecule has 0 radical (unpaired) electrons. The van der Waals surface area contributed by atoms with E-state index in [1.807, 2.05) is 13.8 Å². The molecule has 3 N–H and O–H groups in total. The summed E-state index contributed by atoms with van der Waals surface area (Å²) in [4.78, 5) is 11.0. The number of carbonyl (C=O) groups is 1. The molecule has 0 aromatic carbocycles. The molecule has 0 spiro atoms. The van der Waals surface area contributed by atoms with E-state index in [-0.39, 0.29) is 11.8 Å². The van der Waals surface area contributed by atoms with Crippen LogP contribution in [0.3, 0.4) is 0 Å². The Morgan fingerprint density at radius 3 is 2.12 bits per heavy atom. The van der Waals surface area contributed by atoms with E-state index < -0.39 is 11.5 Å². The molecule has 0 aromatic heterocycles. The summed E-state index contributed by atoms with van der Waals surface area (Å²) in [6.07, 6.45) is 6.16. The predicted molar refractivity (Wildman–Crippen MR) is 65.2 cm³/mol. The average molecular weight is 227 g/mol. The first-order valence-electron chi connectivity index (χ1n) is 6.28. The van der Waals surface area contributed by atoms with Crippen LogP contribution in [0.15, 0.2) is 0 Å². The third-order valence-electron chi connectivity index (χ3n) is 4.50. The van der Waals surface area contributed by atoms with E-state index in [0.29, 0.717) is 5.92 Å². The highest BCUT2D eigenvalue weighted by molar-refractivity contribution is 5.68. The molecule has 1 aliphatic rings.